The summed E-state index contributed by atoms with van der Waals surface area (Å²) < 4.78 is 44.3. The molecule has 0 aliphatic carbocycles. The van der Waals surface area contributed by atoms with Crippen LogP contribution in [0, 0.1) is 0 Å². The Hall–Kier alpha value is -5.80. The molecule has 0 bridgehead atoms. The minimum Gasteiger partial charge on any atom is -0.489 e. The quantitative estimate of drug-likeness (QED) is 0.0874. The Balaban J connectivity index is 1.23. The van der Waals surface area contributed by atoms with Crippen molar-refractivity contribution < 1.29 is 38.3 Å². The van der Waals surface area contributed by atoms with Crippen molar-refractivity contribution in [3.63, 3.8) is 0 Å². The van der Waals surface area contributed by atoms with E-state index < -0.39 is 18.3 Å². The lowest BCUT2D eigenvalue weighted by atomic mass is 9.91. The number of fused-ring (bicyclic) bond motifs is 1. The lowest BCUT2D eigenvalue weighted by Gasteiger charge is -2.38. The lowest BCUT2D eigenvalue weighted by Crippen LogP contribution is -2.36. The highest BCUT2D eigenvalue weighted by Gasteiger charge is 2.42. The summed E-state index contributed by atoms with van der Waals surface area (Å²) in [4.78, 5) is 0. The number of benzene rings is 6. The molecule has 1 N–H and O–H groups in total. The maximum Gasteiger partial charge on any atom is 0.162 e. The van der Waals surface area contributed by atoms with Crippen LogP contribution in [0.25, 0.3) is 0 Å². The summed E-state index contributed by atoms with van der Waals surface area (Å²) in [5.74, 6) is 2.65. The highest BCUT2D eigenvalue weighted by atomic mass is 16.6. The van der Waals surface area contributed by atoms with Crippen LogP contribution in [0.5, 0.6) is 28.7 Å². The molecule has 6 aromatic rings. The van der Waals surface area contributed by atoms with Crippen molar-refractivity contribution >= 4 is 0 Å². The maximum atomic E-state index is 12.2. The molecular formula is C47H46O8. The zero-order valence-corrected chi connectivity index (χ0v) is 30.9. The average Bonchev–Trinajstić information content (AvgIpc) is 3.24. The van der Waals surface area contributed by atoms with Gasteiger partial charge in [-0.1, -0.05) is 127 Å². The van der Waals surface area contributed by atoms with E-state index in [1.165, 1.54) is 0 Å². The van der Waals surface area contributed by atoms with E-state index >= 15 is 0 Å². The van der Waals surface area contributed by atoms with Gasteiger partial charge in [-0.2, -0.15) is 0 Å². The second-order valence-corrected chi connectivity index (χ2v) is 13.2. The molecule has 0 saturated carbocycles. The monoisotopic (exact) mass is 738 g/mol. The summed E-state index contributed by atoms with van der Waals surface area (Å²) in [6.45, 7) is 4.45. The summed E-state index contributed by atoms with van der Waals surface area (Å²) >= 11 is 0. The molecule has 3 atom stereocenters. The molecular weight excluding hydrogens is 693 g/mol. The predicted molar refractivity (Wildman–Crippen MR) is 211 cm³/mol. The first kappa shape index (κ1) is 37.5. The standard InChI is InChI=1S/C47H46O8/c1-2-49-25-26-50-47-44-42(54-33-37-21-13-6-14-22-37)28-39(51-30-34-15-7-3-8-16-34)29-43(44)55-46(45(47)48)38-23-24-40(52-31-35-17-9-4-10-18-35)41(27-38)53-32-36-19-11-5-12-20-36/h3-24,27-29,45-48H,2,25-26,30-33H2,1H3/t45-,46+,47-/m0/s1. The van der Waals surface area contributed by atoms with Gasteiger partial charge in [-0.3, -0.25) is 0 Å². The van der Waals surface area contributed by atoms with Crippen molar-refractivity contribution in [1.29, 1.82) is 0 Å². The molecule has 1 aliphatic rings. The summed E-state index contributed by atoms with van der Waals surface area (Å²) in [5.41, 5.74) is 5.36. The largest absolute Gasteiger partial charge is 0.489 e. The van der Waals surface area contributed by atoms with E-state index in [1.54, 1.807) is 0 Å². The van der Waals surface area contributed by atoms with Crippen LogP contribution in [-0.2, 0) is 35.9 Å². The molecule has 0 aromatic heterocycles. The SMILES string of the molecule is CCOCCO[C@H]1c2c(OCc3ccccc3)cc(OCc3ccccc3)cc2O[C@H](c2ccc(OCc3ccccc3)c(OCc3ccccc3)c2)[C@@H]1O. The topological polar surface area (TPSA) is 84.8 Å². The van der Waals surface area contributed by atoms with Gasteiger partial charge in [0.2, 0.25) is 0 Å². The first-order chi connectivity index (χ1) is 27.1. The Kier molecular flexibility index (Phi) is 13.0. The van der Waals surface area contributed by atoms with Crippen LogP contribution in [0.15, 0.2) is 152 Å². The van der Waals surface area contributed by atoms with E-state index in [2.05, 4.69) is 0 Å². The number of hydrogen-bond acceptors (Lipinski definition) is 8. The third-order valence-corrected chi connectivity index (χ3v) is 9.22. The van der Waals surface area contributed by atoms with Gasteiger partial charge in [0.15, 0.2) is 17.6 Å². The second kappa shape index (κ2) is 19.0. The van der Waals surface area contributed by atoms with Crippen molar-refractivity contribution in [3.8, 4) is 28.7 Å². The first-order valence-electron chi connectivity index (χ1n) is 18.7. The third-order valence-electron chi connectivity index (χ3n) is 9.22. The van der Waals surface area contributed by atoms with Crippen LogP contribution < -0.4 is 23.7 Å². The molecule has 0 unspecified atom stereocenters. The van der Waals surface area contributed by atoms with E-state index in [0.717, 1.165) is 22.3 Å². The summed E-state index contributed by atoms with van der Waals surface area (Å²) in [6, 6.07) is 49.1. The molecule has 7 rings (SSSR count). The van der Waals surface area contributed by atoms with Crippen LogP contribution in [0.2, 0.25) is 0 Å². The van der Waals surface area contributed by atoms with Crippen LogP contribution in [0.3, 0.4) is 0 Å². The lowest BCUT2D eigenvalue weighted by molar-refractivity contribution is -0.111. The first-order valence-corrected chi connectivity index (χ1v) is 18.7. The Morgan fingerprint density at radius 1 is 0.527 bits per heavy atom. The average molecular weight is 739 g/mol. The molecule has 0 saturated heterocycles. The van der Waals surface area contributed by atoms with Crippen LogP contribution in [-0.4, -0.2) is 31.0 Å². The fraction of sp³-hybridized carbons (Fsp3) is 0.234. The van der Waals surface area contributed by atoms with Gasteiger partial charge in [-0.05, 0) is 46.9 Å². The predicted octanol–water partition coefficient (Wildman–Crippen LogP) is 9.59. The molecule has 0 amide bonds. The zero-order chi connectivity index (χ0) is 37.7. The van der Waals surface area contributed by atoms with Crippen molar-refractivity contribution in [2.75, 3.05) is 19.8 Å². The van der Waals surface area contributed by atoms with Gasteiger partial charge in [0, 0.05) is 18.7 Å². The van der Waals surface area contributed by atoms with E-state index in [4.69, 9.17) is 33.2 Å². The van der Waals surface area contributed by atoms with Gasteiger partial charge in [-0.25, -0.2) is 0 Å². The highest BCUT2D eigenvalue weighted by Crippen LogP contribution is 2.50. The van der Waals surface area contributed by atoms with Crippen molar-refractivity contribution in [1.82, 2.24) is 0 Å². The normalized spacial score (nSPS) is 16.1. The van der Waals surface area contributed by atoms with Gasteiger partial charge >= 0.3 is 0 Å². The Morgan fingerprint density at radius 3 is 1.58 bits per heavy atom. The Labute approximate surface area is 322 Å². The molecule has 8 nitrogen and oxygen atoms in total. The zero-order valence-electron chi connectivity index (χ0n) is 30.9. The molecule has 1 aliphatic heterocycles. The molecule has 0 fully saturated rings. The summed E-state index contributed by atoms with van der Waals surface area (Å²) in [7, 11) is 0. The van der Waals surface area contributed by atoms with Gasteiger partial charge in [0.25, 0.3) is 0 Å². The summed E-state index contributed by atoms with van der Waals surface area (Å²) in [6.07, 6.45) is -2.77. The number of aliphatic hydroxyl groups excluding tert-OH is 1. The van der Waals surface area contributed by atoms with Gasteiger partial charge in [0.1, 0.15) is 55.9 Å². The molecule has 282 valence electrons. The van der Waals surface area contributed by atoms with Crippen LogP contribution in [0.4, 0.5) is 0 Å². The summed E-state index contributed by atoms with van der Waals surface area (Å²) in [5, 5.41) is 12.2. The number of ether oxygens (including phenoxy) is 7. The third kappa shape index (κ3) is 10.0. The molecule has 0 spiro atoms. The van der Waals surface area contributed by atoms with Gasteiger partial charge in [0.05, 0.1) is 18.8 Å². The van der Waals surface area contributed by atoms with E-state index in [9.17, 15) is 5.11 Å². The van der Waals surface area contributed by atoms with Crippen LogP contribution in [0.1, 0.15) is 52.5 Å². The van der Waals surface area contributed by atoms with Gasteiger partial charge < -0.3 is 38.3 Å². The van der Waals surface area contributed by atoms with E-state index in [1.807, 2.05) is 159 Å². The number of rotatable bonds is 18. The molecule has 6 aromatic carbocycles. The minimum atomic E-state index is -1.12. The second-order valence-electron chi connectivity index (χ2n) is 13.2. The minimum absolute atomic E-state index is 0.254. The Bertz CT molecular complexity index is 2060. The van der Waals surface area contributed by atoms with Crippen molar-refractivity contribution in [2.24, 2.45) is 0 Å². The van der Waals surface area contributed by atoms with Gasteiger partial charge in [-0.15, -0.1) is 0 Å². The van der Waals surface area contributed by atoms with E-state index in [-0.39, 0.29) is 6.61 Å². The smallest absolute Gasteiger partial charge is 0.162 e. The fourth-order valence-electron chi connectivity index (χ4n) is 6.40. The Morgan fingerprint density at radius 2 is 1.04 bits per heavy atom. The molecule has 0 radical (unpaired) electrons. The molecule has 1 heterocycles. The molecule has 55 heavy (non-hydrogen) atoms. The number of hydrogen-bond donors (Lipinski definition) is 1. The van der Waals surface area contributed by atoms with Crippen molar-refractivity contribution in [3.05, 3.63) is 185 Å². The number of aliphatic hydroxyl groups is 1. The van der Waals surface area contributed by atoms with Crippen molar-refractivity contribution in [2.45, 2.75) is 51.7 Å². The molecule has 8 heteroatoms. The maximum absolute atomic E-state index is 12.2. The fourth-order valence-corrected chi connectivity index (χ4v) is 6.40. The van der Waals surface area contributed by atoms with E-state index in [0.29, 0.717) is 79.5 Å². The highest BCUT2D eigenvalue weighted by molar-refractivity contribution is 5.55. The van der Waals surface area contributed by atoms with Crippen LogP contribution >= 0.6 is 0 Å².